The number of hydrogen-bond donors (Lipinski definition) is 0. The number of hydrogen-bond acceptors (Lipinski definition) is 1. The lowest BCUT2D eigenvalue weighted by molar-refractivity contribution is -0.114. The van der Waals surface area contributed by atoms with Crippen LogP contribution in [0.2, 0.25) is 0 Å². The second-order valence-electron chi connectivity index (χ2n) is 7.92. The van der Waals surface area contributed by atoms with Crippen molar-refractivity contribution in [3.05, 3.63) is 22.8 Å². The molecule has 0 aromatic carbocycles. The van der Waals surface area contributed by atoms with Gasteiger partial charge in [0.05, 0.1) is 0 Å². The van der Waals surface area contributed by atoms with E-state index in [1.807, 2.05) is 13.0 Å². The largest absolute Gasteiger partial charge is 0.295 e. The van der Waals surface area contributed by atoms with Gasteiger partial charge in [-0.05, 0) is 86.3 Å². The molecule has 0 radical (unpaired) electrons. The van der Waals surface area contributed by atoms with Crippen LogP contribution in [0.3, 0.4) is 0 Å². The Balaban J connectivity index is 1.71. The molecule has 1 nitrogen and oxygen atoms in total. The predicted octanol–water partition coefficient (Wildman–Crippen LogP) is 4.83. The van der Waals surface area contributed by atoms with Crippen molar-refractivity contribution in [3.8, 4) is 11.8 Å². The molecule has 4 rings (SSSR count). The standard InChI is InChI=1S/C21H26O/c1-3-4-15-6-10-20-19-8-5-14-13-16(22)7-9-17(14)18(19)11-12-21(15,20)2/h13,15,19-20H,5-12H2,1-2H3/t15?,19-,20+,21-/m1/s1. The molecule has 2 fully saturated rings. The van der Waals surface area contributed by atoms with E-state index in [1.54, 1.807) is 11.1 Å². The number of allylic oxidation sites excluding steroid dienone is 4. The Kier molecular flexibility index (Phi) is 3.33. The first-order valence-electron chi connectivity index (χ1n) is 9.01. The van der Waals surface area contributed by atoms with Gasteiger partial charge in [0.15, 0.2) is 5.78 Å². The minimum absolute atomic E-state index is 0.345. The zero-order chi connectivity index (χ0) is 15.3. The van der Waals surface area contributed by atoms with E-state index in [0.717, 1.165) is 31.1 Å². The Morgan fingerprint density at radius 1 is 1.14 bits per heavy atom. The molecule has 4 aliphatic carbocycles. The molecule has 1 unspecified atom stereocenters. The Labute approximate surface area is 134 Å². The molecular weight excluding hydrogens is 268 g/mol. The molecule has 0 aliphatic heterocycles. The van der Waals surface area contributed by atoms with Crippen LogP contribution in [-0.4, -0.2) is 5.78 Å². The van der Waals surface area contributed by atoms with E-state index in [1.165, 1.54) is 37.7 Å². The summed E-state index contributed by atoms with van der Waals surface area (Å²) in [6.45, 7) is 4.50. The molecule has 4 atom stereocenters. The average molecular weight is 294 g/mol. The molecule has 2 saturated carbocycles. The fraction of sp³-hybridized carbons (Fsp3) is 0.667. The molecule has 0 aromatic rings. The summed E-state index contributed by atoms with van der Waals surface area (Å²) in [4.78, 5) is 11.7. The predicted molar refractivity (Wildman–Crippen MR) is 89.1 cm³/mol. The van der Waals surface area contributed by atoms with Gasteiger partial charge in [-0.3, -0.25) is 4.79 Å². The molecule has 1 heteroatoms. The van der Waals surface area contributed by atoms with Crippen LogP contribution < -0.4 is 0 Å². The lowest BCUT2D eigenvalue weighted by Gasteiger charge is -2.48. The van der Waals surface area contributed by atoms with Crippen molar-refractivity contribution in [1.82, 2.24) is 0 Å². The fourth-order valence-corrected chi connectivity index (χ4v) is 5.94. The Bertz CT molecular complexity index is 639. The van der Waals surface area contributed by atoms with E-state index < -0.39 is 0 Å². The van der Waals surface area contributed by atoms with E-state index in [2.05, 4.69) is 18.8 Å². The molecule has 0 bridgehead atoms. The maximum Gasteiger partial charge on any atom is 0.156 e. The van der Waals surface area contributed by atoms with Gasteiger partial charge in [0, 0.05) is 12.3 Å². The Morgan fingerprint density at radius 2 is 2.00 bits per heavy atom. The van der Waals surface area contributed by atoms with Crippen molar-refractivity contribution in [1.29, 1.82) is 0 Å². The third-order valence-corrected chi connectivity index (χ3v) is 7.05. The molecule has 22 heavy (non-hydrogen) atoms. The van der Waals surface area contributed by atoms with Crippen molar-refractivity contribution in [2.75, 3.05) is 0 Å². The third-order valence-electron chi connectivity index (χ3n) is 7.05. The summed E-state index contributed by atoms with van der Waals surface area (Å²) in [5.41, 5.74) is 5.14. The highest BCUT2D eigenvalue weighted by molar-refractivity contribution is 5.93. The van der Waals surface area contributed by atoms with E-state index in [0.29, 0.717) is 17.1 Å². The van der Waals surface area contributed by atoms with Crippen molar-refractivity contribution in [2.24, 2.45) is 23.2 Å². The smallest absolute Gasteiger partial charge is 0.156 e. The van der Waals surface area contributed by atoms with Crippen molar-refractivity contribution >= 4 is 5.78 Å². The van der Waals surface area contributed by atoms with Gasteiger partial charge in [-0.1, -0.05) is 18.4 Å². The van der Waals surface area contributed by atoms with Crippen LogP contribution in [0.4, 0.5) is 0 Å². The molecule has 0 amide bonds. The summed E-state index contributed by atoms with van der Waals surface area (Å²) >= 11 is 0. The lowest BCUT2D eigenvalue weighted by atomic mass is 9.56. The minimum atomic E-state index is 0.345. The van der Waals surface area contributed by atoms with Crippen LogP contribution in [0.1, 0.15) is 65.2 Å². The molecule has 0 spiro atoms. The normalized spacial score (nSPS) is 40.2. The topological polar surface area (TPSA) is 17.1 Å². The van der Waals surface area contributed by atoms with E-state index in [4.69, 9.17) is 0 Å². The monoisotopic (exact) mass is 294 g/mol. The average Bonchev–Trinajstić information content (AvgIpc) is 2.84. The zero-order valence-corrected chi connectivity index (χ0v) is 13.9. The van der Waals surface area contributed by atoms with Crippen molar-refractivity contribution in [2.45, 2.75) is 65.2 Å². The molecule has 0 aromatic heterocycles. The van der Waals surface area contributed by atoms with Gasteiger partial charge in [-0.2, -0.15) is 0 Å². The summed E-state index contributed by atoms with van der Waals surface area (Å²) in [6, 6.07) is 0. The van der Waals surface area contributed by atoms with Gasteiger partial charge < -0.3 is 0 Å². The van der Waals surface area contributed by atoms with Crippen molar-refractivity contribution < 1.29 is 4.79 Å². The molecule has 116 valence electrons. The van der Waals surface area contributed by atoms with Gasteiger partial charge in [-0.15, -0.1) is 5.92 Å². The molecule has 4 aliphatic rings. The highest BCUT2D eigenvalue weighted by Crippen LogP contribution is 2.61. The first-order chi connectivity index (χ1) is 10.6. The second-order valence-corrected chi connectivity index (χ2v) is 7.92. The second kappa shape index (κ2) is 5.12. The minimum Gasteiger partial charge on any atom is -0.295 e. The molecular formula is C21H26O. The van der Waals surface area contributed by atoms with Crippen LogP contribution in [-0.2, 0) is 4.79 Å². The maximum absolute atomic E-state index is 11.7. The summed E-state index contributed by atoms with van der Waals surface area (Å²) < 4.78 is 0. The highest BCUT2D eigenvalue weighted by Gasteiger charge is 2.53. The molecule has 0 saturated heterocycles. The van der Waals surface area contributed by atoms with E-state index in [9.17, 15) is 4.79 Å². The van der Waals surface area contributed by atoms with E-state index >= 15 is 0 Å². The van der Waals surface area contributed by atoms with Crippen LogP contribution in [0.25, 0.3) is 0 Å². The van der Waals surface area contributed by atoms with Gasteiger partial charge >= 0.3 is 0 Å². The summed E-state index contributed by atoms with van der Waals surface area (Å²) in [6.07, 6.45) is 11.3. The van der Waals surface area contributed by atoms with Crippen molar-refractivity contribution in [3.63, 3.8) is 0 Å². The maximum atomic E-state index is 11.7. The first-order valence-corrected chi connectivity index (χ1v) is 9.01. The lowest BCUT2D eigenvalue weighted by Crippen LogP contribution is -2.39. The third kappa shape index (κ3) is 1.96. The summed E-state index contributed by atoms with van der Waals surface area (Å²) in [7, 11) is 0. The van der Waals surface area contributed by atoms with E-state index in [-0.39, 0.29) is 0 Å². The fourth-order valence-electron chi connectivity index (χ4n) is 5.94. The summed E-state index contributed by atoms with van der Waals surface area (Å²) in [5, 5.41) is 0. The number of ketones is 1. The SMILES string of the molecule is CC#CC1CC[C@H]2[C@@H]3CCC4=CC(=O)CCC4=C3CC[C@]12C. The van der Waals surface area contributed by atoms with Gasteiger partial charge in [0.1, 0.15) is 0 Å². The molecule has 0 N–H and O–H groups in total. The number of carbonyl (C=O) groups excluding carboxylic acids is 1. The van der Waals surface area contributed by atoms with Crippen LogP contribution >= 0.6 is 0 Å². The van der Waals surface area contributed by atoms with Crippen LogP contribution in [0.15, 0.2) is 22.8 Å². The Morgan fingerprint density at radius 3 is 2.82 bits per heavy atom. The first kappa shape index (κ1) is 14.3. The Hall–Kier alpha value is -1.29. The quantitative estimate of drug-likeness (QED) is 0.585. The van der Waals surface area contributed by atoms with Gasteiger partial charge in [0.25, 0.3) is 0 Å². The highest BCUT2D eigenvalue weighted by atomic mass is 16.1. The number of fused-ring (bicyclic) bond motifs is 4. The summed E-state index contributed by atoms with van der Waals surface area (Å²) in [5.74, 6) is 9.26. The van der Waals surface area contributed by atoms with Crippen LogP contribution in [0.5, 0.6) is 0 Å². The number of carbonyl (C=O) groups is 1. The van der Waals surface area contributed by atoms with Crippen LogP contribution in [0, 0.1) is 35.0 Å². The van der Waals surface area contributed by atoms with Gasteiger partial charge in [-0.25, -0.2) is 0 Å². The van der Waals surface area contributed by atoms with Gasteiger partial charge in [0.2, 0.25) is 0 Å². The zero-order valence-electron chi connectivity index (χ0n) is 13.9. The number of rotatable bonds is 0. The molecule has 0 heterocycles.